The van der Waals surface area contributed by atoms with Gasteiger partial charge in [0.1, 0.15) is 0 Å². The predicted octanol–water partition coefficient (Wildman–Crippen LogP) is 2.07. The van der Waals surface area contributed by atoms with E-state index in [0.29, 0.717) is 12.1 Å². The molecule has 0 saturated carbocycles. The van der Waals surface area contributed by atoms with Crippen LogP contribution in [-0.2, 0) is 9.59 Å². The topological polar surface area (TPSA) is 90.8 Å². The van der Waals surface area contributed by atoms with Crippen LogP contribution in [0.5, 0.6) is 5.75 Å². The van der Waals surface area contributed by atoms with Gasteiger partial charge >= 0.3 is 11.8 Å². The average molecular weight is 332 g/mol. The number of aromatic hydroxyl groups is 1. The van der Waals surface area contributed by atoms with E-state index in [0.717, 1.165) is 12.8 Å². The number of hydrogen-bond donors (Lipinski definition) is 3. The van der Waals surface area contributed by atoms with Crippen LogP contribution < -0.4 is 10.7 Å². The standard InChI is InChI=1S/C13H15Cl2N3O3/c1-2-3-4-16-12(20)13(21)18-17-7-8-5-9(14)11(19)10(15)6-8/h5-7,19H,2-4H2,1H3,(H,16,20)(H,18,21)/b17-7+. The smallest absolute Gasteiger partial charge is 0.329 e. The van der Waals surface area contributed by atoms with E-state index < -0.39 is 11.8 Å². The second-order valence-electron chi connectivity index (χ2n) is 4.14. The summed E-state index contributed by atoms with van der Waals surface area (Å²) in [4.78, 5) is 22.7. The van der Waals surface area contributed by atoms with E-state index in [1.165, 1.54) is 18.3 Å². The summed E-state index contributed by atoms with van der Waals surface area (Å²) in [6.45, 7) is 2.42. The molecule has 114 valence electrons. The molecule has 8 heteroatoms. The van der Waals surface area contributed by atoms with Gasteiger partial charge in [-0.1, -0.05) is 36.5 Å². The quantitative estimate of drug-likeness (QED) is 0.334. The van der Waals surface area contributed by atoms with Crippen LogP contribution in [0.1, 0.15) is 25.3 Å². The van der Waals surface area contributed by atoms with Gasteiger partial charge in [-0.3, -0.25) is 9.59 Å². The first-order valence-corrected chi connectivity index (χ1v) is 7.00. The number of unbranched alkanes of at least 4 members (excludes halogenated alkanes) is 1. The SMILES string of the molecule is CCCCNC(=O)C(=O)N/N=C/c1cc(Cl)c(O)c(Cl)c1. The summed E-state index contributed by atoms with van der Waals surface area (Å²) in [6.07, 6.45) is 2.98. The number of carbonyl (C=O) groups excluding carboxylic acids is 2. The highest BCUT2D eigenvalue weighted by Gasteiger charge is 2.11. The third-order valence-corrected chi connectivity index (χ3v) is 3.02. The van der Waals surface area contributed by atoms with Crippen molar-refractivity contribution in [3.05, 3.63) is 27.7 Å². The maximum absolute atomic E-state index is 11.4. The van der Waals surface area contributed by atoms with Crippen LogP contribution in [0.2, 0.25) is 10.0 Å². The zero-order valence-corrected chi connectivity index (χ0v) is 12.8. The van der Waals surface area contributed by atoms with Gasteiger partial charge in [-0.2, -0.15) is 5.10 Å². The van der Waals surface area contributed by atoms with Gasteiger partial charge in [-0.15, -0.1) is 0 Å². The van der Waals surface area contributed by atoms with Crippen molar-refractivity contribution in [3.8, 4) is 5.75 Å². The lowest BCUT2D eigenvalue weighted by Gasteiger charge is -2.03. The highest BCUT2D eigenvalue weighted by Crippen LogP contribution is 2.32. The van der Waals surface area contributed by atoms with Gasteiger partial charge in [0.2, 0.25) is 0 Å². The molecule has 0 aliphatic carbocycles. The lowest BCUT2D eigenvalue weighted by molar-refractivity contribution is -0.139. The van der Waals surface area contributed by atoms with Crippen LogP contribution in [0.15, 0.2) is 17.2 Å². The van der Waals surface area contributed by atoms with Crippen molar-refractivity contribution < 1.29 is 14.7 Å². The monoisotopic (exact) mass is 331 g/mol. The van der Waals surface area contributed by atoms with Gasteiger partial charge in [0.25, 0.3) is 0 Å². The number of carbonyl (C=O) groups is 2. The number of hydrazone groups is 1. The zero-order valence-electron chi connectivity index (χ0n) is 11.3. The second kappa shape index (κ2) is 8.49. The molecule has 1 aromatic carbocycles. The Morgan fingerprint density at radius 3 is 2.48 bits per heavy atom. The maximum atomic E-state index is 11.4. The molecule has 1 aromatic rings. The van der Waals surface area contributed by atoms with E-state index in [4.69, 9.17) is 23.2 Å². The van der Waals surface area contributed by atoms with Gasteiger partial charge in [0.15, 0.2) is 5.75 Å². The molecule has 3 N–H and O–H groups in total. The molecule has 0 aliphatic rings. The molecule has 1 rings (SSSR count). The molecule has 0 saturated heterocycles. The Morgan fingerprint density at radius 1 is 1.29 bits per heavy atom. The van der Waals surface area contributed by atoms with Crippen LogP contribution >= 0.6 is 23.2 Å². The fraction of sp³-hybridized carbons (Fsp3) is 0.308. The Bertz CT molecular complexity index is 539. The molecule has 0 radical (unpaired) electrons. The van der Waals surface area contributed by atoms with E-state index in [1.807, 2.05) is 6.92 Å². The van der Waals surface area contributed by atoms with E-state index in [-0.39, 0.29) is 15.8 Å². The normalized spacial score (nSPS) is 10.6. The number of amides is 2. The lowest BCUT2D eigenvalue weighted by atomic mass is 10.2. The molecule has 0 bridgehead atoms. The molecule has 0 unspecified atom stereocenters. The van der Waals surface area contributed by atoms with Gasteiger partial charge < -0.3 is 10.4 Å². The number of benzene rings is 1. The third-order valence-electron chi connectivity index (χ3n) is 2.44. The number of phenols is 1. The summed E-state index contributed by atoms with van der Waals surface area (Å²) >= 11 is 11.5. The molecule has 0 heterocycles. The molecule has 21 heavy (non-hydrogen) atoms. The summed E-state index contributed by atoms with van der Waals surface area (Å²) < 4.78 is 0. The predicted molar refractivity (Wildman–Crippen MR) is 81.8 cm³/mol. The third kappa shape index (κ3) is 5.61. The van der Waals surface area contributed by atoms with Crippen molar-refractivity contribution >= 4 is 41.2 Å². The number of phenolic OH excluding ortho intramolecular Hbond substituents is 1. The zero-order chi connectivity index (χ0) is 15.8. The fourth-order valence-corrected chi connectivity index (χ4v) is 1.84. The minimum atomic E-state index is -0.863. The van der Waals surface area contributed by atoms with Crippen molar-refractivity contribution in [2.75, 3.05) is 6.54 Å². The molecular formula is C13H15Cl2N3O3. The highest BCUT2D eigenvalue weighted by atomic mass is 35.5. The Kier molecular flexibility index (Phi) is 6.98. The minimum absolute atomic E-state index is 0.0626. The number of rotatable bonds is 5. The molecule has 0 aromatic heterocycles. The van der Waals surface area contributed by atoms with E-state index in [9.17, 15) is 14.7 Å². The summed E-state index contributed by atoms with van der Waals surface area (Å²) in [6, 6.07) is 2.83. The van der Waals surface area contributed by atoms with Crippen LogP contribution in [0.25, 0.3) is 0 Å². The molecular weight excluding hydrogens is 317 g/mol. The van der Waals surface area contributed by atoms with Crippen molar-refractivity contribution in [1.29, 1.82) is 0 Å². The summed E-state index contributed by atoms with van der Waals surface area (Å²) in [7, 11) is 0. The van der Waals surface area contributed by atoms with Crippen LogP contribution in [-0.4, -0.2) is 29.7 Å². The molecule has 2 amide bonds. The van der Waals surface area contributed by atoms with E-state index in [2.05, 4.69) is 15.8 Å². The molecule has 0 fully saturated rings. The number of nitrogens with zero attached hydrogens (tertiary/aromatic N) is 1. The second-order valence-corrected chi connectivity index (χ2v) is 4.96. The van der Waals surface area contributed by atoms with Crippen LogP contribution in [0.3, 0.4) is 0 Å². The van der Waals surface area contributed by atoms with Gasteiger partial charge in [0, 0.05) is 6.54 Å². The Balaban J connectivity index is 2.54. The van der Waals surface area contributed by atoms with Gasteiger partial charge in [-0.25, -0.2) is 5.43 Å². The lowest BCUT2D eigenvalue weighted by Crippen LogP contribution is -2.38. The summed E-state index contributed by atoms with van der Waals surface area (Å²) in [5.74, 6) is -1.84. The molecule has 6 nitrogen and oxygen atoms in total. The first-order chi connectivity index (χ1) is 9.95. The Labute approximate surface area is 132 Å². The van der Waals surface area contributed by atoms with Crippen molar-refractivity contribution in [2.24, 2.45) is 5.10 Å². The Hall–Kier alpha value is -1.79. The largest absolute Gasteiger partial charge is 0.505 e. The first kappa shape index (κ1) is 17.3. The summed E-state index contributed by atoms with van der Waals surface area (Å²) in [5.41, 5.74) is 2.55. The Morgan fingerprint density at radius 2 is 1.90 bits per heavy atom. The molecule has 0 atom stereocenters. The van der Waals surface area contributed by atoms with Gasteiger partial charge in [0.05, 0.1) is 16.3 Å². The molecule has 0 spiro atoms. The summed E-state index contributed by atoms with van der Waals surface area (Å²) in [5, 5.41) is 15.6. The molecule has 0 aliphatic heterocycles. The first-order valence-electron chi connectivity index (χ1n) is 6.25. The van der Waals surface area contributed by atoms with Crippen molar-refractivity contribution in [3.63, 3.8) is 0 Å². The number of halogens is 2. The number of hydrogen-bond acceptors (Lipinski definition) is 4. The van der Waals surface area contributed by atoms with Gasteiger partial charge in [-0.05, 0) is 24.1 Å². The number of nitrogens with one attached hydrogen (secondary N) is 2. The van der Waals surface area contributed by atoms with Crippen molar-refractivity contribution in [1.82, 2.24) is 10.7 Å². The van der Waals surface area contributed by atoms with Crippen LogP contribution in [0, 0.1) is 0 Å². The maximum Gasteiger partial charge on any atom is 0.329 e. The minimum Gasteiger partial charge on any atom is -0.505 e. The van der Waals surface area contributed by atoms with Crippen molar-refractivity contribution in [2.45, 2.75) is 19.8 Å². The average Bonchev–Trinajstić information content (AvgIpc) is 2.44. The highest BCUT2D eigenvalue weighted by molar-refractivity contribution is 6.37. The van der Waals surface area contributed by atoms with Crippen LogP contribution in [0.4, 0.5) is 0 Å². The fourth-order valence-electron chi connectivity index (χ4n) is 1.33. The van der Waals surface area contributed by atoms with E-state index >= 15 is 0 Å². The van der Waals surface area contributed by atoms with E-state index in [1.54, 1.807) is 0 Å².